The molecule has 0 atom stereocenters. The van der Waals surface area contributed by atoms with Crippen molar-refractivity contribution in [2.24, 2.45) is 0 Å². The Morgan fingerprint density at radius 3 is 2.83 bits per heavy atom. The number of carbonyl (C=O) groups is 2. The topological polar surface area (TPSA) is 130 Å². The van der Waals surface area contributed by atoms with E-state index in [1.165, 1.54) is 35.1 Å². The number of aliphatic carboxylic acids is 1. The molecule has 0 spiro atoms. The van der Waals surface area contributed by atoms with Crippen LogP contribution < -0.4 is 10.4 Å². The lowest BCUT2D eigenvalue weighted by Crippen LogP contribution is -2.22. The first-order valence-corrected chi connectivity index (χ1v) is 6.74. The third kappa shape index (κ3) is 4.63. The molecule has 1 aromatic heterocycles. The van der Waals surface area contributed by atoms with Gasteiger partial charge in [-0.25, -0.2) is 0 Å². The van der Waals surface area contributed by atoms with Crippen molar-refractivity contribution < 1.29 is 19.6 Å². The highest BCUT2D eigenvalue weighted by Gasteiger charge is 2.12. The van der Waals surface area contributed by atoms with Crippen LogP contribution in [0.3, 0.4) is 0 Å². The second-order valence-corrected chi connectivity index (χ2v) is 4.73. The van der Waals surface area contributed by atoms with Crippen LogP contribution in [0.4, 0.5) is 11.4 Å². The van der Waals surface area contributed by atoms with E-state index in [0.29, 0.717) is 18.7 Å². The van der Waals surface area contributed by atoms with E-state index in [4.69, 9.17) is 0 Å². The summed E-state index contributed by atoms with van der Waals surface area (Å²) >= 11 is 0. The predicted molar refractivity (Wildman–Crippen MR) is 77.5 cm³/mol. The molecule has 0 saturated carbocycles. The largest absolute Gasteiger partial charge is 0.550 e. The van der Waals surface area contributed by atoms with Crippen LogP contribution in [0.25, 0.3) is 0 Å². The zero-order valence-corrected chi connectivity index (χ0v) is 12.0. The maximum Gasteiger partial charge on any atom is 0.270 e. The molecule has 1 N–H and O–H groups in total. The molecular formula is C14H13N4O5-. The highest BCUT2D eigenvalue weighted by atomic mass is 16.6. The van der Waals surface area contributed by atoms with Gasteiger partial charge in [-0.15, -0.1) is 0 Å². The van der Waals surface area contributed by atoms with Crippen LogP contribution in [0, 0.1) is 10.1 Å². The molecule has 1 heterocycles. The molecule has 0 aliphatic heterocycles. The number of amides is 1. The number of nitrogens with zero attached hydrogens (tertiary/aromatic N) is 3. The minimum absolute atomic E-state index is 0.0742. The van der Waals surface area contributed by atoms with Gasteiger partial charge in [0, 0.05) is 36.4 Å². The van der Waals surface area contributed by atoms with Gasteiger partial charge in [-0.3, -0.25) is 19.6 Å². The van der Waals surface area contributed by atoms with Gasteiger partial charge >= 0.3 is 0 Å². The maximum atomic E-state index is 12.0. The number of anilines is 1. The van der Waals surface area contributed by atoms with Gasteiger partial charge in [0.15, 0.2) is 0 Å². The highest BCUT2D eigenvalue weighted by Crippen LogP contribution is 2.15. The van der Waals surface area contributed by atoms with Gasteiger partial charge in [0.1, 0.15) is 0 Å². The number of rotatable bonds is 7. The number of carboxylic acids is 1. The number of non-ortho nitro benzene ring substituents is 1. The van der Waals surface area contributed by atoms with Crippen molar-refractivity contribution in [3.63, 3.8) is 0 Å². The second-order valence-electron chi connectivity index (χ2n) is 4.73. The Labute approximate surface area is 130 Å². The highest BCUT2D eigenvalue weighted by molar-refractivity contribution is 6.04. The van der Waals surface area contributed by atoms with Gasteiger partial charge in [-0.2, -0.15) is 5.10 Å². The lowest BCUT2D eigenvalue weighted by atomic mass is 10.2. The Bertz CT molecular complexity index is 740. The van der Waals surface area contributed by atoms with Crippen LogP contribution in [0.5, 0.6) is 0 Å². The number of carbonyl (C=O) groups excluding carboxylic acids is 2. The summed E-state index contributed by atoms with van der Waals surface area (Å²) in [5, 5.41) is 27.6. The number of hydrogen-bond acceptors (Lipinski definition) is 6. The van der Waals surface area contributed by atoms with Crippen molar-refractivity contribution in [2.45, 2.75) is 19.4 Å². The Morgan fingerprint density at radius 1 is 1.35 bits per heavy atom. The molecule has 0 bridgehead atoms. The van der Waals surface area contributed by atoms with Crippen molar-refractivity contribution >= 4 is 23.3 Å². The van der Waals surface area contributed by atoms with E-state index in [2.05, 4.69) is 10.4 Å². The van der Waals surface area contributed by atoms with E-state index >= 15 is 0 Å². The van der Waals surface area contributed by atoms with Gasteiger partial charge in [0.05, 0.1) is 16.8 Å². The molecule has 9 heteroatoms. The number of carboxylic acid groups (broad SMARTS) is 1. The van der Waals surface area contributed by atoms with Crippen LogP contribution in [0.2, 0.25) is 0 Å². The maximum absolute atomic E-state index is 12.0. The smallest absolute Gasteiger partial charge is 0.270 e. The number of aryl methyl sites for hydroxylation is 1. The van der Waals surface area contributed by atoms with Crippen LogP contribution >= 0.6 is 0 Å². The zero-order valence-electron chi connectivity index (χ0n) is 12.0. The van der Waals surface area contributed by atoms with Crippen molar-refractivity contribution in [1.82, 2.24) is 9.78 Å². The molecule has 1 aromatic carbocycles. The Kier molecular flexibility index (Phi) is 5.03. The normalized spacial score (nSPS) is 10.3. The molecule has 0 fully saturated rings. The molecule has 23 heavy (non-hydrogen) atoms. The van der Waals surface area contributed by atoms with E-state index in [1.54, 1.807) is 6.20 Å². The van der Waals surface area contributed by atoms with E-state index < -0.39 is 16.8 Å². The zero-order chi connectivity index (χ0) is 16.8. The minimum Gasteiger partial charge on any atom is -0.550 e. The quantitative estimate of drug-likeness (QED) is 0.587. The Hall–Kier alpha value is -3.23. The molecule has 0 aliphatic carbocycles. The molecule has 120 valence electrons. The fraction of sp³-hybridized carbons (Fsp3) is 0.214. The molecule has 0 aliphatic rings. The molecule has 2 rings (SSSR count). The predicted octanol–water partition coefficient (Wildman–Crippen LogP) is 0.574. The Balaban J connectivity index is 1.98. The SMILES string of the molecule is O=C([O-])CCCn1cc(NC(=O)c2cccc([N+](=O)[O-])c2)cn1. The number of benzene rings is 1. The van der Waals surface area contributed by atoms with Crippen molar-refractivity contribution in [3.8, 4) is 0 Å². The third-order valence-corrected chi connectivity index (χ3v) is 2.98. The van der Waals surface area contributed by atoms with Gasteiger partial charge in [-0.05, 0) is 18.9 Å². The standard InChI is InChI=1S/C14H14N4O5/c19-13(20)5-2-6-17-9-11(8-15-17)16-14(21)10-3-1-4-12(7-10)18(22)23/h1,3-4,7-9H,2,5-6H2,(H,16,21)(H,19,20)/p-1. The molecule has 0 saturated heterocycles. The van der Waals surface area contributed by atoms with Crippen molar-refractivity contribution in [1.29, 1.82) is 0 Å². The summed E-state index contributed by atoms with van der Waals surface area (Å²) in [6.07, 6.45) is 3.25. The number of hydrogen-bond donors (Lipinski definition) is 1. The monoisotopic (exact) mass is 317 g/mol. The van der Waals surface area contributed by atoms with E-state index in [0.717, 1.165) is 0 Å². The molecular weight excluding hydrogens is 304 g/mol. The first-order valence-electron chi connectivity index (χ1n) is 6.74. The van der Waals surface area contributed by atoms with Gasteiger partial charge in [-0.1, -0.05) is 6.07 Å². The third-order valence-electron chi connectivity index (χ3n) is 2.98. The number of nitro groups is 1. The van der Waals surface area contributed by atoms with Crippen molar-refractivity contribution in [2.75, 3.05) is 5.32 Å². The van der Waals surface area contributed by atoms with Crippen LogP contribution in [0.1, 0.15) is 23.2 Å². The molecule has 2 aromatic rings. The van der Waals surface area contributed by atoms with E-state index in [-0.39, 0.29) is 17.7 Å². The summed E-state index contributed by atoms with van der Waals surface area (Å²) in [6.45, 7) is 0.376. The molecule has 0 unspecified atom stereocenters. The van der Waals surface area contributed by atoms with Crippen LogP contribution in [-0.4, -0.2) is 26.6 Å². The number of nitrogens with one attached hydrogen (secondary N) is 1. The van der Waals surface area contributed by atoms with Gasteiger partial charge in [0.2, 0.25) is 0 Å². The second kappa shape index (κ2) is 7.16. The lowest BCUT2D eigenvalue weighted by molar-refractivity contribution is -0.384. The lowest BCUT2D eigenvalue weighted by Gasteiger charge is -2.03. The van der Waals surface area contributed by atoms with Gasteiger partial charge in [0.25, 0.3) is 11.6 Å². The van der Waals surface area contributed by atoms with Crippen LogP contribution in [0.15, 0.2) is 36.7 Å². The van der Waals surface area contributed by atoms with E-state index in [9.17, 15) is 24.8 Å². The number of nitro benzene ring substituents is 1. The Morgan fingerprint density at radius 2 is 2.13 bits per heavy atom. The summed E-state index contributed by atoms with van der Waals surface area (Å²) in [5.41, 5.74) is 0.398. The molecule has 1 amide bonds. The fourth-order valence-corrected chi connectivity index (χ4v) is 1.90. The summed E-state index contributed by atoms with van der Waals surface area (Å²) in [6, 6.07) is 5.37. The van der Waals surface area contributed by atoms with E-state index in [1.807, 2.05) is 0 Å². The first kappa shape index (κ1) is 16.1. The van der Waals surface area contributed by atoms with Gasteiger partial charge < -0.3 is 15.2 Å². The van der Waals surface area contributed by atoms with Crippen LogP contribution in [-0.2, 0) is 11.3 Å². The first-order chi connectivity index (χ1) is 11.0. The summed E-state index contributed by atoms with van der Waals surface area (Å²) in [4.78, 5) is 32.5. The average Bonchev–Trinajstić information content (AvgIpc) is 2.94. The summed E-state index contributed by atoms with van der Waals surface area (Å²) in [5.74, 6) is -1.63. The minimum atomic E-state index is -1.13. The molecule has 0 radical (unpaired) electrons. The summed E-state index contributed by atoms with van der Waals surface area (Å²) in [7, 11) is 0. The number of aromatic nitrogens is 2. The van der Waals surface area contributed by atoms with Crippen molar-refractivity contribution in [3.05, 3.63) is 52.3 Å². The average molecular weight is 317 g/mol. The molecule has 9 nitrogen and oxygen atoms in total. The fourth-order valence-electron chi connectivity index (χ4n) is 1.90. The summed E-state index contributed by atoms with van der Waals surface area (Å²) < 4.78 is 1.49.